The highest BCUT2D eigenvalue weighted by atomic mass is 79.9. The molecule has 6 rings (SSSR count). The number of carbonyl (C=O) groups is 1. The summed E-state index contributed by atoms with van der Waals surface area (Å²) in [5.74, 6) is 0.477. The Labute approximate surface area is 222 Å². The monoisotopic (exact) mass is 540 g/mol. The predicted octanol–water partition coefficient (Wildman–Crippen LogP) is 2.18. The second-order valence-electron chi connectivity index (χ2n) is 11.1. The number of benzene rings is 2. The van der Waals surface area contributed by atoms with Crippen molar-refractivity contribution in [2.45, 2.75) is 63.5 Å². The van der Waals surface area contributed by atoms with Crippen molar-refractivity contribution >= 4 is 5.97 Å². The fraction of sp³-hybridized carbons (Fsp3) is 0.567. The second kappa shape index (κ2) is 11.6. The molecule has 0 spiro atoms. The van der Waals surface area contributed by atoms with Crippen LogP contribution >= 0.6 is 0 Å². The van der Waals surface area contributed by atoms with Gasteiger partial charge < -0.3 is 26.2 Å². The van der Waals surface area contributed by atoms with Crippen molar-refractivity contribution in [3.05, 3.63) is 71.8 Å². The largest absolute Gasteiger partial charge is 1.00 e. The first-order valence-electron chi connectivity index (χ1n) is 13.5. The summed E-state index contributed by atoms with van der Waals surface area (Å²) in [6.07, 6.45) is 8.31. The molecule has 4 saturated heterocycles. The van der Waals surface area contributed by atoms with Crippen LogP contribution in [0.3, 0.4) is 0 Å². The van der Waals surface area contributed by atoms with Crippen LogP contribution in [-0.2, 0) is 21.5 Å². The molecule has 4 nitrogen and oxygen atoms in total. The SMILES string of the molecule is CC(C(=O)O[C@H]1C[N+]2(CCc3ccccc3)CCC1CC2)(c1ccccc1)N1CCCCCC1.[Br-]. The lowest BCUT2D eigenvalue weighted by Gasteiger charge is -2.52. The summed E-state index contributed by atoms with van der Waals surface area (Å²) in [6, 6.07) is 21.2. The molecule has 0 amide bonds. The number of piperidine rings is 3. The van der Waals surface area contributed by atoms with Crippen LogP contribution in [-0.4, -0.2) is 60.7 Å². The number of rotatable bonds is 7. The molecule has 4 fully saturated rings. The maximum Gasteiger partial charge on any atom is 0.331 e. The Kier molecular flexibility index (Phi) is 8.72. The molecule has 190 valence electrons. The zero-order valence-corrected chi connectivity index (χ0v) is 22.8. The van der Waals surface area contributed by atoms with Gasteiger partial charge in [-0.1, -0.05) is 73.5 Å². The maximum atomic E-state index is 14.0. The Hall–Kier alpha value is -1.69. The lowest BCUT2D eigenvalue weighted by Crippen LogP contribution is -3.00. The standard InChI is InChI=1S/C30H41N2O2.BrH/c1-30(27-14-8-5-9-15-27,31-19-10-2-3-11-20-31)29(33)34-28-24-32(22-17-26(28)18-23-32)21-16-25-12-6-4-7-13-25;/h4-9,12-15,26,28H,2-3,10-11,16-24H2,1H3;1H/q+1;/p-1/t26?,28-,30?,32?;/m0./s1. The molecule has 2 atom stereocenters. The smallest absolute Gasteiger partial charge is 0.331 e. The van der Waals surface area contributed by atoms with E-state index in [0.717, 1.165) is 55.5 Å². The van der Waals surface area contributed by atoms with Crippen LogP contribution in [0.25, 0.3) is 0 Å². The molecule has 2 bridgehead atoms. The van der Waals surface area contributed by atoms with Crippen LogP contribution in [0.2, 0.25) is 0 Å². The molecular weight excluding hydrogens is 500 g/mol. The number of likely N-dealkylation sites (tertiary alicyclic amines) is 1. The van der Waals surface area contributed by atoms with Crippen LogP contribution in [0.1, 0.15) is 56.6 Å². The van der Waals surface area contributed by atoms with Gasteiger partial charge in [0, 0.05) is 25.2 Å². The zero-order valence-electron chi connectivity index (χ0n) is 21.2. The van der Waals surface area contributed by atoms with Crippen LogP contribution in [0, 0.1) is 5.92 Å². The van der Waals surface area contributed by atoms with Crippen molar-refractivity contribution in [3.8, 4) is 0 Å². The van der Waals surface area contributed by atoms with E-state index >= 15 is 0 Å². The van der Waals surface area contributed by atoms with Crippen molar-refractivity contribution in [1.82, 2.24) is 4.90 Å². The lowest BCUT2D eigenvalue weighted by atomic mass is 9.82. The Morgan fingerprint density at radius 3 is 2.17 bits per heavy atom. The Balaban J connectivity index is 0.00000289. The first kappa shape index (κ1) is 26.4. The van der Waals surface area contributed by atoms with Crippen molar-refractivity contribution in [3.63, 3.8) is 0 Å². The van der Waals surface area contributed by atoms with E-state index in [-0.39, 0.29) is 29.1 Å². The van der Waals surface area contributed by atoms with Crippen LogP contribution in [0.15, 0.2) is 60.7 Å². The Bertz CT molecular complexity index is 937. The van der Waals surface area contributed by atoms with Gasteiger partial charge in [-0.05, 0) is 44.0 Å². The van der Waals surface area contributed by atoms with E-state index in [0.29, 0.717) is 5.92 Å². The molecular formula is C30H41BrN2O2. The minimum Gasteiger partial charge on any atom is -1.00 e. The van der Waals surface area contributed by atoms with Gasteiger partial charge in [-0.2, -0.15) is 0 Å². The molecule has 5 heteroatoms. The Morgan fingerprint density at radius 2 is 1.54 bits per heavy atom. The number of halogens is 1. The molecule has 0 N–H and O–H groups in total. The van der Waals surface area contributed by atoms with Crippen LogP contribution in [0.4, 0.5) is 0 Å². The number of esters is 1. The molecule has 2 aromatic rings. The lowest BCUT2D eigenvalue weighted by molar-refractivity contribution is -0.946. The number of fused-ring (bicyclic) bond motifs is 3. The van der Waals surface area contributed by atoms with Gasteiger partial charge in [0.25, 0.3) is 0 Å². The van der Waals surface area contributed by atoms with Gasteiger partial charge in [0.1, 0.15) is 12.1 Å². The van der Waals surface area contributed by atoms with Gasteiger partial charge in [0.05, 0.1) is 19.6 Å². The van der Waals surface area contributed by atoms with Crippen molar-refractivity contribution in [2.24, 2.45) is 5.92 Å². The summed E-state index contributed by atoms with van der Waals surface area (Å²) in [5.41, 5.74) is 1.76. The van der Waals surface area contributed by atoms with Gasteiger partial charge in [-0.3, -0.25) is 4.90 Å². The van der Waals surface area contributed by atoms with Gasteiger partial charge in [-0.25, -0.2) is 4.79 Å². The highest BCUT2D eigenvalue weighted by molar-refractivity contribution is 5.82. The molecule has 0 aromatic heterocycles. The van der Waals surface area contributed by atoms with E-state index in [1.54, 1.807) is 0 Å². The number of nitrogens with zero attached hydrogens (tertiary/aromatic N) is 2. The first-order chi connectivity index (χ1) is 16.6. The average molecular weight is 542 g/mol. The molecule has 2 aromatic carbocycles. The fourth-order valence-electron chi connectivity index (χ4n) is 6.64. The fourth-order valence-corrected chi connectivity index (χ4v) is 6.64. The first-order valence-corrected chi connectivity index (χ1v) is 13.5. The molecule has 1 unspecified atom stereocenters. The minimum atomic E-state index is -0.716. The summed E-state index contributed by atoms with van der Waals surface area (Å²) in [7, 11) is 0. The third kappa shape index (κ3) is 5.68. The van der Waals surface area contributed by atoms with Crippen molar-refractivity contribution in [1.29, 1.82) is 0 Å². The highest BCUT2D eigenvalue weighted by Gasteiger charge is 2.50. The number of ether oxygens (including phenoxy) is 1. The maximum absolute atomic E-state index is 14.0. The van der Waals surface area contributed by atoms with Crippen molar-refractivity contribution in [2.75, 3.05) is 39.3 Å². The van der Waals surface area contributed by atoms with Gasteiger partial charge in [-0.15, -0.1) is 0 Å². The quantitative estimate of drug-likeness (QED) is 0.398. The molecule has 4 aliphatic rings. The van der Waals surface area contributed by atoms with E-state index in [1.165, 1.54) is 44.3 Å². The third-order valence-electron chi connectivity index (χ3n) is 8.99. The van der Waals surface area contributed by atoms with E-state index < -0.39 is 5.54 Å². The van der Waals surface area contributed by atoms with E-state index in [1.807, 2.05) is 6.07 Å². The molecule has 0 radical (unpaired) electrons. The topological polar surface area (TPSA) is 29.5 Å². The zero-order chi connectivity index (χ0) is 23.4. The summed E-state index contributed by atoms with van der Waals surface area (Å²) in [4.78, 5) is 16.4. The number of hydrogen-bond acceptors (Lipinski definition) is 3. The van der Waals surface area contributed by atoms with E-state index in [2.05, 4.69) is 66.4 Å². The van der Waals surface area contributed by atoms with Gasteiger partial charge in [0.15, 0.2) is 6.10 Å². The summed E-state index contributed by atoms with van der Waals surface area (Å²) < 4.78 is 7.63. The summed E-state index contributed by atoms with van der Waals surface area (Å²) in [5, 5.41) is 0. The molecule has 4 aliphatic heterocycles. The Morgan fingerprint density at radius 1 is 0.943 bits per heavy atom. The normalized spacial score (nSPS) is 28.4. The molecule has 35 heavy (non-hydrogen) atoms. The minimum absolute atomic E-state index is 0. The van der Waals surface area contributed by atoms with Gasteiger partial charge in [0.2, 0.25) is 0 Å². The average Bonchev–Trinajstić information content (AvgIpc) is 3.19. The van der Waals surface area contributed by atoms with E-state index in [9.17, 15) is 4.79 Å². The number of carbonyl (C=O) groups excluding carboxylic acids is 1. The van der Waals surface area contributed by atoms with Crippen LogP contribution in [0.5, 0.6) is 0 Å². The molecule has 4 heterocycles. The summed E-state index contributed by atoms with van der Waals surface area (Å²) in [6.45, 7) is 8.62. The highest BCUT2D eigenvalue weighted by Crippen LogP contribution is 2.38. The molecule has 0 aliphatic carbocycles. The van der Waals surface area contributed by atoms with Crippen molar-refractivity contribution < 1.29 is 31.0 Å². The molecule has 0 saturated carbocycles. The van der Waals surface area contributed by atoms with Crippen LogP contribution < -0.4 is 17.0 Å². The number of quaternary nitrogens is 1. The summed E-state index contributed by atoms with van der Waals surface area (Å²) >= 11 is 0. The second-order valence-corrected chi connectivity index (χ2v) is 11.1. The number of hydrogen-bond donors (Lipinski definition) is 0. The predicted molar refractivity (Wildman–Crippen MR) is 136 cm³/mol. The van der Waals surface area contributed by atoms with E-state index in [4.69, 9.17) is 4.74 Å². The third-order valence-corrected chi connectivity index (χ3v) is 8.99. The van der Waals surface area contributed by atoms with Gasteiger partial charge >= 0.3 is 5.97 Å².